The first-order chi connectivity index (χ1) is 10.1. The molecule has 110 valence electrons. The number of rotatable bonds is 3. The lowest BCUT2D eigenvalue weighted by molar-refractivity contribution is 0.0959. The first kappa shape index (κ1) is 13.8. The van der Waals surface area contributed by atoms with Gasteiger partial charge in [-0.3, -0.25) is 0 Å². The number of nitrogen functional groups attached to an aromatic ring is 1. The van der Waals surface area contributed by atoms with Crippen LogP contribution in [-0.4, -0.2) is 36.3 Å². The molecule has 1 atom stereocenters. The summed E-state index contributed by atoms with van der Waals surface area (Å²) in [5.41, 5.74) is 5.60. The molecule has 1 aromatic heterocycles. The number of fused-ring (bicyclic) bond motifs is 1. The van der Waals surface area contributed by atoms with Crippen LogP contribution in [0.4, 0.5) is 11.8 Å². The lowest BCUT2D eigenvalue weighted by atomic mass is 10.2. The summed E-state index contributed by atoms with van der Waals surface area (Å²) in [7, 11) is 1.89. The molecule has 2 heterocycles. The van der Waals surface area contributed by atoms with Gasteiger partial charge in [0.25, 0.3) is 0 Å². The van der Waals surface area contributed by atoms with Crippen molar-refractivity contribution in [2.75, 3.05) is 30.8 Å². The first-order valence-electron chi connectivity index (χ1n) is 6.51. The van der Waals surface area contributed by atoms with Crippen molar-refractivity contribution in [3.63, 3.8) is 0 Å². The number of benzene rings is 1. The van der Waals surface area contributed by atoms with Crippen LogP contribution in [0, 0.1) is 0 Å². The lowest BCUT2D eigenvalue weighted by Crippen LogP contribution is -2.39. The van der Waals surface area contributed by atoms with Gasteiger partial charge < -0.3 is 20.1 Å². The van der Waals surface area contributed by atoms with Gasteiger partial charge in [-0.15, -0.1) is 0 Å². The van der Waals surface area contributed by atoms with Crippen molar-refractivity contribution in [3.8, 4) is 11.5 Å². The third-order valence-electron chi connectivity index (χ3n) is 3.13. The minimum absolute atomic E-state index is 0.0973. The molecule has 0 aliphatic carbocycles. The second-order valence-corrected chi connectivity index (χ2v) is 5.17. The van der Waals surface area contributed by atoms with E-state index in [1.807, 2.05) is 36.2 Å². The van der Waals surface area contributed by atoms with Crippen molar-refractivity contribution in [3.05, 3.63) is 35.5 Å². The minimum Gasteiger partial charge on any atom is -0.486 e. The quantitative estimate of drug-likeness (QED) is 0.874. The number of nitrogens with zero attached hydrogens (tertiary/aromatic N) is 3. The zero-order valence-electron chi connectivity index (χ0n) is 11.5. The molecule has 0 radical (unpaired) electrons. The number of aromatic nitrogens is 2. The van der Waals surface area contributed by atoms with E-state index in [1.165, 1.54) is 0 Å². The van der Waals surface area contributed by atoms with Crippen molar-refractivity contribution >= 4 is 23.4 Å². The summed E-state index contributed by atoms with van der Waals surface area (Å²) < 4.78 is 11.6. The normalized spacial score (nSPS) is 16.6. The van der Waals surface area contributed by atoms with Crippen LogP contribution in [0.25, 0.3) is 0 Å². The Hall–Kier alpha value is -2.21. The van der Waals surface area contributed by atoms with Gasteiger partial charge >= 0.3 is 0 Å². The summed E-state index contributed by atoms with van der Waals surface area (Å²) in [5, 5.41) is 0.315. The highest BCUT2D eigenvalue weighted by atomic mass is 35.5. The Morgan fingerprint density at radius 3 is 2.86 bits per heavy atom. The summed E-state index contributed by atoms with van der Waals surface area (Å²) >= 11 is 5.89. The Kier molecular flexibility index (Phi) is 3.70. The maximum absolute atomic E-state index is 5.91. The molecule has 2 aromatic rings. The van der Waals surface area contributed by atoms with Gasteiger partial charge in [0.1, 0.15) is 17.6 Å². The maximum Gasteiger partial charge on any atom is 0.223 e. The van der Waals surface area contributed by atoms with Gasteiger partial charge in [0.2, 0.25) is 5.95 Å². The number of likely N-dealkylation sites (N-methyl/N-ethyl adjacent to an activating group) is 1. The molecular formula is C14H15ClN4O2. The number of para-hydroxylation sites is 2. The van der Waals surface area contributed by atoms with Crippen molar-refractivity contribution in [2.45, 2.75) is 6.10 Å². The molecule has 0 bridgehead atoms. The highest BCUT2D eigenvalue weighted by Gasteiger charge is 2.22. The summed E-state index contributed by atoms with van der Waals surface area (Å²) in [5.74, 6) is 2.32. The van der Waals surface area contributed by atoms with E-state index in [2.05, 4.69) is 9.97 Å². The smallest absolute Gasteiger partial charge is 0.223 e. The monoisotopic (exact) mass is 306 g/mol. The summed E-state index contributed by atoms with van der Waals surface area (Å²) in [6.45, 7) is 1.08. The lowest BCUT2D eigenvalue weighted by Gasteiger charge is -2.30. The van der Waals surface area contributed by atoms with Gasteiger partial charge in [0, 0.05) is 13.1 Å². The van der Waals surface area contributed by atoms with Crippen molar-refractivity contribution in [1.82, 2.24) is 9.97 Å². The van der Waals surface area contributed by atoms with E-state index in [9.17, 15) is 0 Å². The largest absolute Gasteiger partial charge is 0.486 e. The van der Waals surface area contributed by atoms with E-state index in [0.717, 1.165) is 11.5 Å². The van der Waals surface area contributed by atoms with E-state index in [0.29, 0.717) is 24.1 Å². The van der Waals surface area contributed by atoms with Crippen LogP contribution in [0.1, 0.15) is 0 Å². The van der Waals surface area contributed by atoms with E-state index in [1.54, 1.807) is 6.07 Å². The maximum atomic E-state index is 5.91. The van der Waals surface area contributed by atoms with E-state index < -0.39 is 0 Å². The predicted octanol–water partition coefficient (Wildman–Crippen LogP) is 1.99. The topological polar surface area (TPSA) is 73.5 Å². The van der Waals surface area contributed by atoms with Crippen LogP contribution in [0.5, 0.6) is 11.5 Å². The average molecular weight is 307 g/mol. The standard InChI is InChI=1S/C14H15ClN4O2/c1-19(13-6-12(15)17-14(16)18-13)7-9-8-20-10-4-2-3-5-11(10)21-9/h2-6,9H,7-8H2,1H3,(H2,16,17,18)/t9-/m0/s1. The highest BCUT2D eigenvalue weighted by molar-refractivity contribution is 6.29. The van der Waals surface area contributed by atoms with Gasteiger partial charge in [0.05, 0.1) is 6.54 Å². The second-order valence-electron chi connectivity index (χ2n) is 4.79. The molecule has 21 heavy (non-hydrogen) atoms. The molecule has 1 aromatic carbocycles. The van der Waals surface area contributed by atoms with Crippen LogP contribution in [-0.2, 0) is 0 Å². The molecule has 1 aliphatic rings. The summed E-state index contributed by atoms with van der Waals surface area (Å²) in [4.78, 5) is 9.91. The summed E-state index contributed by atoms with van der Waals surface area (Å²) in [6, 6.07) is 9.27. The molecule has 0 amide bonds. The minimum atomic E-state index is -0.0973. The van der Waals surface area contributed by atoms with Crippen molar-refractivity contribution in [2.24, 2.45) is 0 Å². The fourth-order valence-electron chi connectivity index (χ4n) is 2.17. The van der Waals surface area contributed by atoms with Crippen LogP contribution in [0.3, 0.4) is 0 Å². The third kappa shape index (κ3) is 3.11. The Balaban J connectivity index is 1.70. The van der Waals surface area contributed by atoms with Crippen LogP contribution in [0.15, 0.2) is 30.3 Å². The van der Waals surface area contributed by atoms with Gasteiger partial charge in [0.15, 0.2) is 17.6 Å². The first-order valence-corrected chi connectivity index (χ1v) is 6.89. The Bertz CT molecular complexity index is 632. The van der Waals surface area contributed by atoms with Crippen LogP contribution >= 0.6 is 11.6 Å². The zero-order chi connectivity index (χ0) is 14.8. The number of anilines is 2. The van der Waals surface area contributed by atoms with Crippen LogP contribution < -0.4 is 20.1 Å². The molecule has 0 saturated heterocycles. The Labute approximate surface area is 127 Å². The fourth-order valence-corrected chi connectivity index (χ4v) is 2.35. The third-order valence-corrected chi connectivity index (χ3v) is 3.33. The highest BCUT2D eigenvalue weighted by Crippen LogP contribution is 2.31. The zero-order valence-corrected chi connectivity index (χ0v) is 12.2. The van der Waals surface area contributed by atoms with Gasteiger partial charge in [-0.25, -0.2) is 4.98 Å². The Morgan fingerprint density at radius 1 is 1.33 bits per heavy atom. The average Bonchev–Trinajstić information content (AvgIpc) is 2.46. The number of hydrogen-bond donors (Lipinski definition) is 1. The van der Waals surface area contributed by atoms with E-state index in [-0.39, 0.29) is 12.1 Å². The molecule has 1 aliphatic heterocycles. The molecule has 6 nitrogen and oxygen atoms in total. The van der Waals surface area contributed by atoms with Gasteiger partial charge in [-0.1, -0.05) is 23.7 Å². The molecule has 2 N–H and O–H groups in total. The fraction of sp³-hybridized carbons (Fsp3) is 0.286. The van der Waals surface area contributed by atoms with Crippen molar-refractivity contribution < 1.29 is 9.47 Å². The van der Waals surface area contributed by atoms with Crippen LogP contribution in [0.2, 0.25) is 5.15 Å². The second kappa shape index (κ2) is 5.65. The van der Waals surface area contributed by atoms with Gasteiger partial charge in [-0.2, -0.15) is 4.98 Å². The number of halogens is 1. The molecule has 0 saturated carbocycles. The SMILES string of the molecule is CN(C[C@H]1COc2ccccc2O1)c1cc(Cl)nc(N)n1. The molecule has 3 rings (SSSR count). The van der Waals surface area contributed by atoms with E-state index >= 15 is 0 Å². The number of nitrogens with two attached hydrogens (primary N) is 1. The van der Waals surface area contributed by atoms with E-state index in [4.69, 9.17) is 26.8 Å². The molecular weight excluding hydrogens is 292 g/mol. The molecule has 7 heteroatoms. The number of ether oxygens (including phenoxy) is 2. The van der Waals surface area contributed by atoms with Crippen molar-refractivity contribution in [1.29, 1.82) is 0 Å². The van der Waals surface area contributed by atoms with Gasteiger partial charge in [-0.05, 0) is 12.1 Å². The predicted molar refractivity (Wildman–Crippen MR) is 81.1 cm³/mol. The summed E-state index contributed by atoms with van der Waals surface area (Å²) in [6.07, 6.45) is -0.0973. The number of hydrogen-bond acceptors (Lipinski definition) is 6. The Morgan fingerprint density at radius 2 is 2.10 bits per heavy atom. The molecule has 0 spiro atoms. The molecule has 0 fully saturated rings. The molecule has 0 unspecified atom stereocenters.